The van der Waals surface area contributed by atoms with Crippen LogP contribution in [-0.4, -0.2) is 13.9 Å². The van der Waals surface area contributed by atoms with Gasteiger partial charge in [-0.3, -0.25) is 0 Å². The molecule has 0 rings (SSSR count). The Hall–Kier alpha value is 0.0429. The maximum absolute atomic E-state index is 11.2. The van der Waals surface area contributed by atoms with Crippen molar-refractivity contribution in [1.29, 1.82) is 0 Å². The predicted molar refractivity (Wildman–Crippen MR) is 24.4 cm³/mol. The third-order valence-electron chi connectivity index (χ3n) is 0. The van der Waals surface area contributed by atoms with E-state index in [0.29, 0.717) is 0 Å². The molecule has 0 aromatic heterocycles. The first-order valence-electron chi connectivity index (χ1n) is 1.13. The zero-order valence-corrected chi connectivity index (χ0v) is 6.87. The van der Waals surface area contributed by atoms with E-state index in [1.165, 1.54) is 0 Å². The van der Waals surface area contributed by atoms with Crippen LogP contribution >= 0.6 is 0 Å². The van der Waals surface area contributed by atoms with Crippen molar-refractivity contribution in [2.75, 3.05) is 0 Å². The van der Waals surface area contributed by atoms with Crippen LogP contribution in [0, 0.1) is 0 Å². The van der Waals surface area contributed by atoms with E-state index in [-0.39, 0.29) is 12.3 Å². The van der Waals surface area contributed by atoms with Gasteiger partial charge in [0, 0.05) is 0 Å². The van der Waals surface area contributed by atoms with Crippen molar-refractivity contribution in [3.63, 3.8) is 0 Å². The summed E-state index contributed by atoms with van der Waals surface area (Å²) in [6.07, 6.45) is 0. The molecule has 0 aromatic rings. The number of quaternary nitrogens is 2. The Kier molecular flexibility index (Phi) is 3.14. The summed E-state index contributed by atoms with van der Waals surface area (Å²) in [7, 11) is 0. The molecule has 2 nitrogen and oxygen atoms in total. The molecule has 9 heteroatoms. The molecular weight excluding hydrogens is 215 g/mol. The molecule has 0 saturated carbocycles. The largest absolute Gasteiger partial charge is 0.369 e. The molecule has 0 aliphatic rings. The molecule has 0 amide bonds. The minimum Gasteiger partial charge on any atom is -0.369 e. The Morgan fingerprint density at radius 3 is 0.556 bits per heavy atom. The molecule has 0 aromatic carbocycles. The van der Waals surface area contributed by atoms with Gasteiger partial charge in [0.25, 0.3) is 0 Å². The van der Waals surface area contributed by atoms with Crippen LogP contribution in [0.1, 0.15) is 0 Å². The Morgan fingerprint density at radius 1 is 0.556 bits per heavy atom. The van der Waals surface area contributed by atoms with E-state index >= 15 is 0 Å². The second-order valence-corrected chi connectivity index (χ2v) is 5.57. The van der Waals surface area contributed by atoms with Crippen molar-refractivity contribution in [3.8, 4) is 0 Å². The second-order valence-electron chi connectivity index (χ2n) is 1.07. The fraction of sp³-hybridized carbons (Fsp3) is 0. The average molecular weight is 223 g/mol. The van der Waals surface area contributed by atoms with E-state index in [1.54, 1.807) is 0 Å². The van der Waals surface area contributed by atoms with Crippen molar-refractivity contribution in [2.45, 2.75) is 0 Å². The summed E-state index contributed by atoms with van der Waals surface area (Å²) < 4.78 is 59.5. The maximum atomic E-state index is 9.92. The molecule has 9 heavy (non-hydrogen) atoms. The summed E-state index contributed by atoms with van der Waals surface area (Å²) >= 11 is -11.2. The van der Waals surface area contributed by atoms with Gasteiger partial charge in [-0.05, 0) is 0 Å². The van der Waals surface area contributed by atoms with E-state index in [0.717, 1.165) is 0 Å². The van der Waals surface area contributed by atoms with Gasteiger partial charge in [0.15, 0.2) is 0 Å². The summed E-state index contributed by atoms with van der Waals surface area (Å²) in [5.41, 5.74) is 0. The van der Waals surface area contributed by atoms with Crippen molar-refractivity contribution < 1.29 is 21.0 Å². The van der Waals surface area contributed by atoms with Crippen LogP contribution in [-0.2, 0) is 0 Å². The van der Waals surface area contributed by atoms with E-state index in [1.807, 2.05) is 0 Å². The van der Waals surface area contributed by atoms with Gasteiger partial charge >= 0.3 is 34.9 Å². The maximum Gasteiger partial charge on any atom is -0.369 e. The molecule has 0 aliphatic heterocycles. The number of hydrogen-bond donors (Lipinski definition) is 2. The molecule has 0 atom stereocenters. The fourth-order valence-electron chi connectivity index (χ4n) is 0. The van der Waals surface area contributed by atoms with Gasteiger partial charge in [-0.1, -0.05) is 0 Å². The zero-order chi connectivity index (χ0) is 6.41. The summed E-state index contributed by atoms with van der Waals surface area (Å²) in [4.78, 5) is 0. The standard InChI is InChI=1S/F6Ge.2H3N/c1-7(2,3,4,5)6;;/h;2*1H3/q-2;;/p+2. The molecule has 8 N–H and O–H groups in total. The molecule has 64 valence electrons. The van der Waals surface area contributed by atoms with Crippen LogP contribution in [0.3, 0.4) is 0 Å². The number of halogens is 6. The Morgan fingerprint density at radius 2 is 0.556 bits per heavy atom. The predicted octanol–water partition coefficient (Wildman–Crippen LogP) is 2.89. The van der Waals surface area contributed by atoms with E-state index in [9.17, 15) is 21.0 Å². The van der Waals surface area contributed by atoms with Crippen LogP contribution in [0.25, 0.3) is 0 Å². The molecule has 0 spiro atoms. The van der Waals surface area contributed by atoms with Crippen molar-refractivity contribution in [1.82, 2.24) is 12.3 Å². The van der Waals surface area contributed by atoms with Crippen LogP contribution < -0.4 is 12.3 Å². The summed E-state index contributed by atoms with van der Waals surface area (Å²) in [6.45, 7) is 0. The second kappa shape index (κ2) is 1.76. The van der Waals surface area contributed by atoms with Crippen molar-refractivity contribution >= 4 is 13.9 Å². The van der Waals surface area contributed by atoms with Gasteiger partial charge in [-0.2, -0.15) is 0 Å². The third kappa shape index (κ3) is 160000. The topological polar surface area (TPSA) is 73.0 Å². The third-order valence-corrected chi connectivity index (χ3v) is 0. The van der Waals surface area contributed by atoms with Gasteiger partial charge in [0.1, 0.15) is 0 Å². The van der Waals surface area contributed by atoms with Crippen LogP contribution in [0.2, 0.25) is 0 Å². The molecule has 0 unspecified atom stereocenters. The molecule has 0 aliphatic carbocycles. The Labute approximate surface area is 48.2 Å². The zero-order valence-electron chi connectivity index (χ0n) is 4.77. The summed E-state index contributed by atoms with van der Waals surface area (Å²) in [5, 5.41) is 0. The van der Waals surface area contributed by atoms with E-state index in [2.05, 4.69) is 0 Å². The fourth-order valence-corrected chi connectivity index (χ4v) is 0. The average Bonchev–Trinajstić information content (AvgIpc) is 0.592. The SMILES string of the molecule is [F][Ge-2]([F])([F])([F])([F])[F].[NH4+].[NH4+]. The summed E-state index contributed by atoms with van der Waals surface area (Å²) in [6, 6.07) is 0. The molecule has 0 saturated heterocycles. The molecule has 0 heterocycles. The first-order valence-corrected chi connectivity index (χ1v) is 5.89. The quantitative estimate of drug-likeness (QED) is 0.467. The monoisotopic (exact) mass is 224 g/mol. The minimum atomic E-state index is -11.2. The number of rotatable bonds is 0. The molecule has 0 fully saturated rings. The molecule has 0 radical (unpaired) electrons. The smallest absolute Gasteiger partial charge is 0.369 e. The first kappa shape index (κ1) is 16.0. The van der Waals surface area contributed by atoms with E-state index < -0.39 is 13.9 Å². The van der Waals surface area contributed by atoms with Gasteiger partial charge in [0.2, 0.25) is 0 Å². The van der Waals surface area contributed by atoms with Gasteiger partial charge in [-0.15, -0.1) is 0 Å². The van der Waals surface area contributed by atoms with Crippen LogP contribution in [0.5, 0.6) is 0 Å². The van der Waals surface area contributed by atoms with E-state index in [4.69, 9.17) is 0 Å². The number of hydrogen-bond acceptors (Lipinski definition) is 0. The summed E-state index contributed by atoms with van der Waals surface area (Å²) in [5.74, 6) is 0. The van der Waals surface area contributed by atoms with Crippen molar-refractivity contribution in [2.24, 2.45) is 0 Å². The Balaban J connectivity index is -0.000000180. The normalized spacial score (nSPS) is 18.0. The van der Waals surface area contributed by atoms with Gasteiger partial charge in [-0.25, -0.2) is 0 Å². The van der Waals surface area contributed by atoms with Crippen LogP contribution in [0.15, 0.2) is 0 Å². The van der Waals surface area contributed by atoms with Crippen LogP contribution in [0.4, 0.5) is 21.0 Å². The minimum absolute atomic E-state index is 0. The molecule has 0 bridgehead atoms. The van der Waals surface area contributed by atoms with Gasteiger partial charge in [0.05, 0.1) is 0 Å². The molecular formula is H8F6GeN2. The van der Waals surface area contributed by atoms with Crippen molar-refractivity contribution in [3.05, 3.63) is 0 Å². The Bertz CT molecular complexity index is 69.6. The first-order chi connectivity index (χ1) is 2.45. The van der Waals surface area contributed by atoms with Gasteiger partial charge < -0.3 is 12.3 Å².